The van der Waals surface area contributed by atoms with Gasteiger partial charge in [-0.25, -0.2) is 0 Å². The Bertz CT molecular complexity index is 1280. The van der Waals surface area contributed by atoms with Crippen LogP contribution in [0.4, 0.5) is 0 Å². The van der Waals surface area contributed by atoms with E-state index in [-0.39, 0.29) is 0 Å². The molecule has 0 amide bonds. The molecule has 0 aliphatic rings. The average Bonchev–Trinajstić information content (AvgIpc) is 3.06. The lowest BCUT2D eigenvalue weighted by Crippen LogP contribution is -1.89. The number of aromatic nitrogens is 1. The van der Waals surface area contributed by atoms with Gasteiger partial charge in [-0.3, -0.25) is 4.98 Å². The van der Waals surface area contributed by atoms with Gasteiger partial charge in [-0.2, -0.15) is 0 Å². The van der Waals surface area contributed by atoms with Crippen LogP contribution in [0.1, 0.15) is 11.4 Å². The van der Waals surface area contributed by atoms with Gasteiger partial charge in [-0.1, -0.05) is 48.5 Å². The van der Waals surface area contributed by atoms with E-state index in [0.717, 1.165) is 38.9 Å². The normalized spacial score (nSPS) is 11.3. The third-order valence-corrected chi connectivity index (χ3v) is 5.11. The predicted octanol–water partition coefficient (Wildman–Crippen LogP) is 6.93. The van der Waals surface area contributed by atoms with Gasteiger partial charge in [0.2, 0.25) is 0 Å². The van der Waals surface area contributed by atoms with Crippen molar-refractivity contribution < 1.29 is 4.42 Å². The number of rotatable bonds is 2. The zero-order valence-electron chi connectivity index (χ0n) is 15.4. The van der Waals surface area contributed by atoms with Crippen LogP contribution >= 0.6 is 0 Å². The molecule has 0 atom stereocenters. The van der Waals surface area contributed by atoms with Gasteiger partial charge in [0.15, 0.2) is 0 Å². The van der Waals surface area contributed by atoms with E-state index in [4.69, 9.17) is 4.42 Å². The Balaban J connectivity index is 1.72. The highest BCUT2D eigenvalue weighted by atomic mass is 16.3. The Morgan fingerprint density at radius 1 is 0.630 bits per heavy atom. The zero-order chi connectivity index (χ0) is 18.4. The van der Waals surface area contributed by atoms with Crippen molar-refractivity contribution in [2.45, 2.75) is 13.8 Å². The third-order valence-electron chi connectivity index (χ3n) is 5.11. The second-order valence-electron chi connectivity index (χ2n) is 6.98. The number of aryl methyl sites for hydroxylation is 2. The maximum Gasteiger partial charge on any atom is 0.135 e. The van der Waals surface area contributed by atoms with Gasteiger partial charge in [-0.05, 0) is 60.9 Å². The average molecular weight is 349 g/mol. The predicted molar refractivity (Wildman–Crippen MR) is 112 cm³/mol. The Hall–Kier alpha value is -3.39. The van der Waals surface area contributed by atoms with E-state index in [0.29, 0.717) is 0 Å². The summed E-state index contributed by atoms with van der Waals surface area (Å²) in [4.78, 5) is 4.61. The molecule has 0 N–H and O–H groups in total. The summed E-state index contributed by atoms with van der Waals surface area (Å²) in [6, 6.07) is 27.5. The molecule has 0 spiro atoms. The fourth-order valence-corrected chi connectivity index (χ4v) is 3.75. The van der Waals surface area contributed by atoms with Crippen LogP contribution in [0.25, 0.3) is 44.2 Å². The molecule has 2 heterocycles. The quantitative estimate of drug-likeness (QED) is 0.345. The van der Waals surface area contributed by atoms with E-state index in [1.165, 1.54) is 16.7 Å². The Kier molecular flexibility index (Phi) is 3.58. The first-order chi connectivity index (χ1) is 13.2. The number of hydrogen-bond acceptors (Lipinski definition) is 2. The molecule has 5 rings (SSSR count). The van der Waals surface area contributed by atoms with Crippen LogP contribution in [-0.2, 0) is 0 Å². The maximum atomic E-state index is 6.07. The van der Waals surface area contributed by atoms with Crippen molar-refractivity contribution in [3.63, 3.8) is 0 Å². The van der Waals surface area contributed by atoms with Crippen LogP contribution in [0, 0.1) is 13.8 Å². The van der Waals surface area contributed by atoms with Gasteiger partial charge in [0, 0.05) is 27.7 Å². The lowest BCUT2D eigenvalue weighted by Gasteiger charge is -2.06. The van der Waals surface area contributed by atoms with Gasteiger partial charge in [0.05, 0.1) is 0 Å². The van der Waals surface area contributed by atoms with Crippen molar-refractivity contribution in [3.8, 4) is 22.3 Å². The largest absolute Gasteiger partial charge is 0.456 e. The number of furan rings is 1. The smallest absolute Gasteiger partial charge is 0.135 e. The molecule has 2 aromatic heterocycles. The molecule has 27 heavy (non-hydrogen) atoms. The summed E-state index contributed by atoms with van der Waals surface area (Å²) in [5.41, 5.74) is 8.66. The van der Waals surface area contributed by atoms with Crippen molar-refractivity contribution >= 4 is 21.9 Å². The monoisotopic (exact) mass is 349 g/mol. The van der Waals surface area contributed by atoms with E-state index >= 15 is 0 Å². The van der Waals surface area contributed by atoms with Crippen LogP contribution in [0.15, 0.2) is 83.3 Å². The molecular formula is C25H19NO. The fraction of sp³-hybridized carbons (Fsp3) is 0.0800. The SMILES string of the molecule is Cc1ccc(-c2ccc3oc4ccc(-c5ccccc5)cc4c3c2)c(C)n1. The summed E-state index contributed by atoms with van der Waals surface area (Å²) in [5, 5.41) is 2.28. The Morgan fingerprint density at radius 2 is 1.30 bits per heavy atom. The summed E-state index contributed by atoms with van der Waals surface area (Å²) in [6.45, 7) is 4.09. The molecule has 0 saturated heterocycles. The summed E-state index contributed by atoms with van der Waals surface area (Å²) < 4.78 is 6.07. The minimum Gasteiger partial charge on any atom is -0.456 e. The van der Waals surface area contributed by atoms with Gasteiger partial charge in [0.1, 0.15) is 11.2 Å². The van der Waals surface area contributed by atoms with Gasteiger partial charge in [-0.15, -0.1) is 0 Å². The molecule has 2 heteroatoms. The number of pyridine rings is 1. The van der Waals surface area contributed by atoms with E-state index in [9.17, 15) is 0 Å². The van der Waals surface area contributed by atoms with Crippen molar-refractivity contribution in [1.29, 1.82) is 0 Å². The highest BCUT2D eigenvalue weighted by Crippen LogP contribution is 2.35. The summed E-state index contributed by atoms with van der Waals surface area (Å²) in [7, 11) is 0. The molecular weight excluding hydrogens is 330 g/mol. The van der Waals surface area contributed by atoms with Crippen LogP contribution in [0.2, 0.25) is 0 Å². The van der Waals surface area contributed by atoms with Crippen LogP contribution in [0.3, 0.4) is 0 Å². The maximum absolute atomic E-state index is 6.07. The van der Waals surface area contributed by atoms with Gasteiger partial charge < -0.3 is 4.42 Å². The fourth-order valence-electron chi connectivity index (χ4n) is 3.75. The first-order valence-electron chi connectivity index (χ1n) is 9.15. The standard InChI is InChI=1S/C25H19NO/c1-16-8-11-21(17(2)26-16)20-10-13-25-23(15-20)22-14-19(9-12-24(22)27-25)18-6-4-3-5-7-18/h3-15H,1-2H3. The summed E-state index contributed by atoms with van der Waals surface area (Å²) in [6.07, 6.45) is 0. The molecule has 130 valence electrons. The zero-order valence-corrected chi connectivity index (χ0v) is 15.4. The summed E-state index contributed by atoms with van der Waals surface area (Å²) in [5.74, 6) is 0. The first kappa shape index (κ1) is 15.8. The number of hydrogen-bond donors (Lipinski definition) is 0. The molecule has 0 saturated carbocycles. The lowest BCUT2D eigenvalue weighted by molar-refractivity contribution is 0.669. The van der Waals surface area contributed by atoms with Crippen molar-refractivity contribution in [2.75, 3.05) is 0 Å². The summed E-state index contributed by atoms with van der Waals surface area (Å²) >= 11 is 0. The Morgan fingerprint density at radius 3 is 2.00 bits per heavy atom. The van der Waals surface area contributed by atoms with E-state index in [1.54, 1.807) is 0 Å². The minimum atomic E-state index is 0.914. The van der Waals surface area contributed by atoms with E-state index in [1.807, 2.05) is 13.0 Å². The topological polar surface area (TPSA) is 26.0 Å². The second-order valence-corrected chi connectivity index (χ2v) is 6.98. The number of benzene rings is 3. The molecule has 0 fully saturated rings. The minimum absolute atomic E-state index is 0.914. The molecule has 2 nitrogen and oxygen atoms in total. The van der Waals surface area contributed by atoms with Gasteiger partial charge in [0.25, 0.3) is 0 Å². The van der Waals surface area contributed by atoms with E-state index in [2.05, 4.69) is 84.7 Å². The highest BCUT2D eigenvalue weighted by Gasteiger charge is 2.11. The van der Waals surface area contributed by atoms with Crippen molar-refractivity contribution in [1.82, 2.24) is 4.98 Å². The van der Waals surface area contributed by atoms with Crippen LogP contribution < -0.4 is 0 Å². The van der Waals surface area contributed by atoms with Crippen molar-refractivity contribution in [2.24, 2.45) is 0 Å². The molecule has 5 aromatic rings. The van der Waals surface area contributed by atoms with Crippen LogP contribution in [-0.4, -0.2) is 4.98 Å². The van der Waals surface area contributed by atoms with Crippen LogP contribution in [0.5, 0.6) is 0 Å². The lowest BCUT2D eigenvalue weighted by atomic mass is 9.99. The first-order valence-corrected chi connectivity index (χ1v) is 9.15. The third kappa shape index (κ3) is 2.70. The van der Waals surface area contributed by atoms with Gasteiger partial charge >= 0.3 is 0 Å². The number of nitrogens with zero attached hydrogens (tertiary/aromatic N) is 1. The number of fused-ring (bicyclic) bond motifs is 3. The molecule has 0 bridgehead atoms. The molecule has 0 unspecified atom stereocenters. The highest BCUT2D eigenvalue weighted by molar-refractivity contribution is 6.07. The molecule has 0 radical (unpaired) electrons. The molecule has 0 aliphatic heterocycles. The molecule has 0 aliphatic carbocycles. The second kappa shape index (κ2) is 6.10. The Labute approximate surface area is 158 Å². The van der Waals surface area contributed by atoms with Crippen molar-refractivity contribution in [3.05, 3.63) is 90.3 Å². The molecule has 3 aromatic carbocycles. The van der Waals surface area contributed by atoms with E-state index < -0.39 is 0 Å².